The minimum Gasteiger partial charge on any atom is -0.166 e. The van der Waals surface area contributed by atoms with Crippen LogP contribution in [0.1, 0.15) is 33.6 Å². The molecule has 0 heterocycles. The molecule has 0 amide bonds. The first-order valence-corrected chi connectivity index (χ1v) is 6.98. The highest BCUT2D eigenvalue weighted by Crippen LogP contribution is 2.36. The van der Waals surface area contributed by atoms with Gasteiger partial charge < -0.3 is 0 Å². The average molecular weight is 299 g/mol. The molecule has 0 saturated carbocycles. The van der Waals surface area contributed by atoms with Crippen molar-refractivity contribution in [1.82, 2.24) is 0 Å². The number of benzene rings is 1. The summed E-state index contributed by atoms with van der Waals surface area (Å²) in [6.45, 7) is 9.93. The largest absolute Gasteiger partial charge is 0.166 e. The molecule has 0 bridgehead atoms. The molecule has 0 aliphatic rings. The van der Waals surface area contributed by atoms with Crippen LogP contribution in [-0.4, -0.2) is 5.00 Å². The van der Waals surface area contributed by atoms with Crippen molar-refractivity contribution in [2.24, 2.45) is 15.6 Å². The van der Waals surface area contributed by atoms with Crippen molar-refractivity contribution in [3.63, 3.8) is 0 Å². The number of hydrogen-bond acceptors (Lipinski definition) is 2. The molecular formula is C15H20Cl2N2. The molecule has 19 heavy (non-hydrogen) atoms. The van der Waals surface area contributed by atoms with Gasteiger partial charge in [-0.1, -0.05) is 43.1 Å². The zero-order chi connectivity index (χ0) is 14.5. The Balaban J connectivity index is 2.73. The van der Waals surface area contributed by atoms with Gasteiger partial charge in [-0.05, 0) is 49.4 Å². The molecule has 1 rings (SSSR count). The Bertz CT molecular complexity index is 448. The predicted octanol–water partition coefficient (Wildman–Crippen LogP) is 6.37. The van der Waals surface area contributed by atoms with E-state index >= 15 is 0 Å². The zero-order valence-electron chi connectivity index (χ0n) is 11.7. The van der Waals surface area contributed by atoms with Crippen molar-refractivity contribution in [3.8, 4) is 0 Å². The van der Waals surface area contributed by atoms with Gasteiger partial charge in [0.2, 0.25) is 0 Å². The fourth-order valence-corrected chi connectivity index (χ4v) is 2.57. The smallest absolute Gasteiger partial charge is 0.152 e. The van der Waals surface area contributed by atoms with Crippen LogP contribution < -0.4 is 0 Å². The summed E-state index contributed by atoms with van der Waals surface area (Å²) >= 11 is 12.2. The van der Waals surface area contributed by atoms with Crippen LogP contribution in [-0.2, 0) is 0 Å². The highest BCUT2D eigenvalue weighted by molar-refractivity contribution is 6.30. The molecule has 1 aromatic rings. The standard InChI is InChI=1S/C15H20Cl2N2/c1-5-10-14(2,3)11-15(4,17)19-18-13-8-6-12(16)7-9-13/h5-9H,1,10-11H2,2-4H3. The van der Waals surface area contributed by atoms with Crippen molar-refractivity contribution < 1.29 is 0 Å². The number of nitrogens with zero attached hydrogens (tertiary/aromatic N) is 2. The molecule has 104 valence electrons. The van der Waals surface area contributed by atoms with Crippen LogP contribution in [0.15, 0.2) is 47.1 Å². The summed E-state index contributed by atoms with van der Waals surface area (Å²) in [5.41, 5.74) is 0.801. The molecule has 0 aromatic heterocycles. The molecule has 0 aliphatic heterocycles. The van der Waals surface area contributed by atoms with Crippen LogP contribution in [0.25, 0.3) is 0 Å². The number of rotatable bonds is 6. The lowest BCUT2D eigenvalue weighted by Gasteiger charge is -2.29. The third-order valence-corrected chi connectivity index (χ3v) is 3.16. The summed E-state index contributed by atoms with van der Waals surface area (Å²) in [5.74, 6) is 0. The van der Waals surface area contributed by atoms with Gasteiger partial charge >= 0.3 is 0 Å². The molecule has 0 aliphatic carbocycles. The van der Waals surface area contributed by atoms with Gasteiger partial charge in [-0.15, -0.1) is 6.58 Å². The Labute approximate surface area is 125 Å². The molecule has 4 heteroatoms. The Hall–Kier alpha value is -0.860. The lowest BCUT2D eigenvalue weighted by molar-refractivity contribution is 0.295. The van der Waals surface area contributed by atoms with Gasteiger partial charge in [-0.2, -0.15) is 10.2 Å². The monoisotopic (exact) mass is 298 g/mol. The summed E-state index contributed by atoms with van der Waals surface area (Å²) in [5, 5.41) is 9.09. The van der Waals surface area contributed by atoms with Crippen molar-refractivity contribution in [3.05, 3.63) is 41.9 Å². The van der Waals surface area contributed by atoms with E-state index in [9.17, 15) is 0 Å². The van der Waals surface area contributed by atoms with Crippen molar-refractivity contribution in [1.29, 1.82) is 0 Å². The molecule has 0 saturated heterocycles. The number of hydrogen-bond donors (Lipinski definition) is 0. The molecule has 2 nitrogen and oxygen atoms in total. The highest BCUT2D eigenvalue weighted by atomic mass is 35.5. The Morgan fingerprint density at radius 3 is 2.32 bits per heavy atom. The van der Waals surface area contributed by atoms with Gasteiger partial charge in [0.05, 0.1) is 5.69 Å². The Morgan fingerprint density at radius 1 is 1.21 bits per heavy atom. The van der Waals surface area contributed by atoms with E-state index in [1.165, 1.54) is 0 Å². The van der Waals surface area contributed by atoms with Crippen LogP contribution in [0.5, 0.6) is 0 Å². The van der Waals surface area contributed by atoms with Gasteiger partial charge in [0, 0.05) is 5.02 Å². The second-order valence-electron chi connectivity index (χ2n) is 5.65. The van der Waals surface area contributed by atoms with Gasteiger partial charge in [0.1, 0.15) is 0 Å². The second kappa shape index (κ2) is 6.53. The molecule has 1 aromatic carbocycles. The van der Waals surface area contributed by atoms with E-state index in [2.05, 4.69) is 30.7 Å². The molecular weight excluding hydrogens is 279 g/mol. The van der Waals surface area contributed by atoms with Crippen molar-refractivity contribution in [2.75, 3.05) is 0 Å². The van der Waals surface area contributed by atoms with E-state index in [0.717, 1.165) is 18.5 Å². The lowest BCUT2D eigenvalue weighted by Crippen LogP contribution is -2.23. The highest BCUT2D eigenvalue weighted by Gasteiger charge is 2.30. The number of halogens is 2. The summed E-state index contributed by atoms with van der Waals surface area (Å²) in [6, 6.07) is 7.19. The quantitative estimate of drug-likeness (QED) is 0.252. The maximum absolute atomic E-state index is 6.42. The first-order chi connectivity index (χ1) is 8.74. The van der Waals surface area contributed by atoms with Gasteiger partial charge in [0.25, 0.3) is 0 Å². The minimum atomic E-state index is -0.716. The van der Waals surface area contributed by atoms with E-state index in [4.69, 9.17) is 23.2 Å². The first-order valence-electron chi connectivity index (χ1n) is 6.22. The molecule has 1 atom stereocenters. The zero-order valence-corrected chi connectivity index (χ0v) is 13.2. The third kappa shape index (κ3) is 6.22. The lowest BCUT2D eigenvalue weighted by atomic mass is 9.83. The summed E-state index contributed by atoms with van der Waals surface area (Å²) in [7, 11) is 0. The van der Waals surface area contributed by atoms with Crippen LogP contribution in [0.2, 0.25) is 5.02 Å². The van der Waals surface area contributed by atoms with Gasteiger partial charge in [0.15, 0.2) is 5.00 Å². The van der Waals surface area contributed by atoms with Gasteiger partial charge in [-0.3, -0.25) is 0 Å². The fraction of sp³-hybridized carbons (Fsp3) is 0.467. The summed E-state index contributed by atoms with van der Waals surface area (Å²) in [6.07, 6.45) is 3.53. The minimum absolute atomic E-state index is 0.0528. The summed E-state index contributed by atoms with van der Waals surface area (Å²) < 4.78 is 0. The summed E-state index contributed by atoms with van der Waals surface area (Å²) in [4.78, 5) is -0.716. The van der Waals surface area contributed by atoms with Crippen molar-refractivity contribution >= 4 is 28.9 Å². The normalized spacial score (nSPS) is 15.4. The van der Waals surface area contributed by atoms with Crippen LogP contribution >= 0.6 is 23.2 Å². The maximum atomic E-state index is 6.42. The van der Waals surface area contributed by atoms with E-state index in [1.54, 1.807) is 12.1 Å². The molecule has 1 unspecified atom stereocenters. The van der Waals surface area contributed by atoms with E-state index in [0.29, 0.717) is 5.02 Å². The average Bonchev–Trinajstić information content (AvgIpc) is 2.26. The van der Waals surface area contributed by atoms with Crippen molar-refractivity contribution in [2.45, 2.75) is 38.6 Å². The first kappa shape index (κ1) is 16.2. The third-order valence-electron chi connectivity index (χ3n) is 2.70. The van der Waals surface area contributed by atoms with E-state index in [1.807, 2.05) is 25.1 Å². The van der Waals surface area contributed by atoms with Gasteiger partial charge in [-0.25, -0.2) is 0 Å². The van der Waals surface area contributed by atoms with E-state index < -0.39 is 5.00 Å². The van der Waals surface area contributed by atoms with Crippen LogP contribution in [0.3, 0.4) is 0 Å². The number of alkyl halides is 1. The number of azo groups is 1. The fourth-order valence-electron chi connectivity index (χ4n) is 2.04. The second-order valence-corrected chi connectivity index (χ2v) is 6.90. The predicted molar refractivity (Wildman–Crippen MR) is 83.4 cm³/mol. The maximum Gasteiger partial charge on any atom is 0.152 e. The molecule has 0 radical (unpaired) electrons. The number of allylic oxidation sites excluding steroid dienone is 1. The molecule has 0 fully saturated rings. The topological polar surface area (TPSA) is 24.7 Å². The van der Waals surface area contributed by atoms with E-state index in [-0.39, 0.29) is 5.41 Å². The Morgan fingerprint density at radius 2 is 1.79 bits per heavy atom. The Kier molecular flexibility index (Phi) is 5.57. The molecule has 0 spiro atoms. The van der Waals surface area contributed by atoms with Crippen LogP contribution in [0.4, 0.5) is 5.69 Å². The van der Waals surface area contributed by atoms with Crippen LogP contribution in [0, 0.1) is 5.41 Å². The molecule has 0 N–H and O–H groups in total. The SMILES string of the molecule is C=CCC(C)(C)CC(C)(Cl)N=Nc1ccc(Cl)cc1.